The van der Waals surface area contributed by atoms with Gasteiger partial charge in [0.2, 0.25) is 5.91 Å². The number of β-amino-alcohol motifs (C(OH)–C–C–N with tert-alkyl or cyclic N) is 1. The number of anilines is 1. The minimum Gasteiger partial charge on any atom is -0.508 e. The van der Waals surface area contributed by atoms with Gasteiger partial charge in [-0.15, -0.1) is 11.8 Å². The number of hydrogen-bond acceptors (Lipinski definition) is 6. The fraction of sp³-hybridized carbons (Fsp3) is 0.458. The fourth-order valence-electron chi connectivity index (χ4n) is 3.80. The van der Waals surface area contributed by atoms with Crippen molar-refractivity contribution in [2.45, 2.75) is 24.3 Å². The van der Waals surface area contributed by atoms with Gasteiger partial charge >= 0.3 is 0 Å². The van der Waals surface area contributed by atoms with Crippen LogP contribution in [-0.2, 0) is 11.3 Å². The Morgan fingerprint density at radius 1 is 1.06 bits per heavy atom. The largest absolute Gasteiger partial charge is 0.508 e. The molecule has 1 heterocycles. The van der Waals surface area contributed by atoms with Gasteiger partial charge in [-0.25, -0.2) is 0 Å². The number of aromatic hydroxyl groups is 1. The standard InChI is InChI=1S/C24H33N3O3S/c1-25(24(30)7-4-18-31-22-10-8-21(29)9-11-22)19-20-5-2-3-6-23(20)27-14-12-26(13-15-27)16-17-28/h2-3,5-6,8-11,28-29H,4,7,12-19H2,1H3. The molecular formula is C24H33N3O3S. The van der Waals surface area contributed by atoms with E-state index in [1.54, 1.807) is 23.9 Å². The second-order valence-corrected chi connectivity index (χ2v) is 9.05. The quantitative estimate of drug-likeness (QED) is 0.435. The van der Waals surface area contributed by atoms with Crippen molar-refractivity contribution in [1.29, 1.82) is 0 Å². The number of carbonyl (C=O) groups excluding carboxylic acids is 1. The first-order valence-electron chi connectivity index (χ1n) is 10.9. The van der Waals surface area contributed by atoms with E-state index in [9.17, 15) is 9.90 Å². The van der Waals surface area contributed by atoms with Gasteiger partial charge in [0.1, 0.15) is 5.75 Å². The number of aliphatic hydroxyl groups excluding tert-OH is 1. The van der Waals surface area contributed by atoms with Crippen molar-refractivity contribution in [2.24, 2.45) is 0 Å². The minimum absolute atomic E-state index is 0.161. The third kappa shape index (κ3) is 7.16. The highest BCUT2D eigenvalue weighted by atomic mass is 32.2. The summed E-state index contributed by atoms with van der Waals surface area (Å²) in [6.07, 6.45) is 1.35. The van der Waals surface area contributed by atoms with E-state index < -0.39 is 0 Å². The number of thioether (sulfide) groups is 1. The number of aliphatic hydroxyl groups is 1. The van der Waals surface area contributed by atoms with Crippen LogP contribution < -0.4 is 4.90 Å². The van der Waals surface area contributed by atoms with Crippen LogP contribution in [0.1, 0.15) is 18.4 Å². The molecule has 7 heteroatoms. The van der Waals surface area contributed by atoms with Crippen LogP contribution in [0.5, 0.6) is 5.75 Å². The van der Waals surface area contributed by atoms with Gasteiger partial charge < -0.3 is 20.0 Å². The van der Waals surface area contributed by atoms with Crippen LogP contribution in [0.4, 0.5) is 5.69 Å². The van der Waals surface area contributed by atoms with E-state index in [0.717, 1.165) is 49.8 Å². The van der Waals surface area contributed by atoms with Gasteiger partial charge in [0, 0.05) is 63.3 Å². The van der Waals surface area contributed by atoms with Gasteiger partial charge in [0.25, 0.3) is 0 Å². The molecule has 168 valence electrons. The van der Waals surface area contributed by atoms with Crippen LogP contribution in [0, 0.1) is 0 Å². The van der Waals surface area contributed by atoms with Gasteiger partial charge in [-0.2, -0.15) is 0 Å². The third-order valence-corrected chi connectivity index (χ3v) is 6.69. The zero-order valence-corrected chi connectivity index (χ0v) is 19.1. The van der Waals surface area contributed by atoms with E-state index in [2.05, 4.69) is 28.0 Å². The smallest absolute Gasteiger partial charge is 0.222 e. The van der Waals surface area contributed by atoms with Crippen LogP contribution in [0.2, 0.25) is 0 Å². The molecule has 0 unspecified atom stereocenters. The van der Waals surface area contributed by atoms with Crippen molar-refractivity contribution in [3.8, 4) is 5.75 Å². The van der Waals surface area contributed by atoms with E-state index in [4.69, 9.17) is 5.11 Å². The molecule has 0 aromatic heterocycles. The first-order valence-corrected chi connectivity index (χ1v) is 11.9. The van der Waals surface area contributed by atoms with E-state index in [1.807, 2.05) is 30.1 Å². The van der Waals surface area contributed by atoms with Crippen LogP contribution >= 0.6 is 11.8 Å². The maximum absolute atomic E-state index is 12.6. The molecule has 0 saturated carbocycles. The monoisotopic (exact) mass is 443 g/mol. The molecule has 1 aliphatic heterocycles. The van der Waals surface area contributed by atoms with Crippen LogP contribution in [0.3, 0.4) is 0 Å². The lowest BCUT2D eigenvalue weighted by Crippen LogP contribution is -2.47. The third-order valence-electron chi connectivity index (χ3n) is 5.59. The summed E-state index contributed by atoms with van der Waals surface area (Å²) in [6, 6.07) is 15.5. The number of piperazine rings is 1. The van der Waals surface area contributed by atoms with Crippen LogP contribution in [0.15, 0.2) is 53.4 Å². The molecule has 6 nitrogen and oxygen atoms in total. The fourth-order valence-corrected chi connectivity index (χ4v) is 4.65. The Labute approximate surface area is 189 Å². The number of nitrogens with zero attached hydrogens (tertiary/aromatic N) is 3. The predicted molar refractivity (Wildman–Crippen MR) is 127 cm³/mol. The molecule has 0 spiro atoms. The van der Waals surface area contributed by atoms with Gasteiger partial charge in [0.15, 0.2) is 0 Å². The van der Waals surface area contributed by atoms with Crippen molar-refractivity contribution in [3.63, 3.8) is 0 Å². The second kappa shape index (κ2) is 12.0. The Balaban J connectivity index is 1.47. The highest BCUT2D eigenvalue weighted by Gasteiger charge is 2.19. The second-order valence-electron chi connectivity index (χ2n) is 7.88. The summed E-state index contributed by atoms with van der Waals surface area (Å²) in [6.45, 7) is 5.31. The number of rotatable bonds is 10. The molecule has 2 N–H and O–H groups in total. The lowest BCUT2D eigenvalue weighted by atomic mass is 10.1. The molecule has 0 atom stereocenters. The van der Waals surface area contributed by atoms with Crippen molar-refractivity contribution >= 4 is 23.4 Å². The van der Waals surface area contributed by atoms with Crippen molar-refractivity contribution in [2.75, 3.05) is 57.0 Å². The molecule has 0 bridgehead atoms. The topological polar surface area (TPSA) is 67.2 Å². The molecule has 1 aliphatic rings. The predicted octanol–water partition coefficient (Wildman–Crippen LogP) is 3.04. The molecule has 3 rings (SSSR count). The Bertz CT molecular complexity index is 823. The number of benzene rings is 2. The summed E-state index contributed by atoms with van der Waals surface area (Å²) < 4.78 is 0. The first kappa shape index (κ1) is 23.4. The summed E-state index contributed by atoms with van der Waals surface area (Å²) in [4.78, 5) is 20.2. The van der Waals surface area contributed by atoms with Gasteiger partial charge in [-0.3, -0.25) is 9.69 Å². The molecule has 0 radical (unpaired) electrons. The SMILES string of the molecule is CN(Cc1ccccc1N1CCN(CCO)CC1)C(=O)CCCSc1ccc(O)cc1. The number of carbonyl (C=O) groups is 1. The van der Waals surface area contributed by atoms with Crippen molar-refractivity contribution < 1.29 is 15.0 Å². The zero-order chi connectivity index (χ0) is 22.1. The summed E-state index contributed by atoms with van der Waals surface area (Å²) in [7, 11) is 1.88. The van der Waals surface area contributed by atoms with E-state index in [1.165, 1.54) is 11.3 Å². The van der Waals surface area contributed by atoms with Gasteiger partial charge in [-0.1, -0.05) is 18.2 Å². The van der Waals surface area contributed by atoms with Crippen molar-refractivity contribution in [1.82, 2.24) is 9.80 Å². The summed E-state index contributed by atoms with van der Waals surface area (Å²) >= 11 is 1.70. The van der Waals surface area contributed by atoms with Crippen molar-refractivity contribution in [3.05, 3.63) is 54.1 Å². The minimum atomic E-state index is 0.161. The number of phenols is 1. The molecule has 0 aliphatic carbocycles. The molecule has 1 saturated heterocycles. The van der Waals surface area contributed by atoms with Gasteiger partial charge in [-0.05, 0) is 48.1 Å². The Kier molecular flexibility index (Phi) is 9.06. The normalized spacial score (nSPS) is 14.6. The van der Waals surface area contributed by atoms with Gasteiger partial charge in [0.05, 0.1) is 6.61 Å². The number of hydrogen-bond donors (Lipinski definition) is 2. The van der Waals surface area contributed by atoms with Crippen LogP contribution in [0.25, 0.3) is 0 Å². The Morgan fingerprint density at radius 3 is 2.48 bits per heavy atom. The summed E-state index contributed by atoms with van der Waals surface area (Å²) in [5, 5.41) is 18.5. The molecule has 1 amide bonds. The van der Waals surface area contributed by atoms with E-state index in [0.29, 0.717) is 13.0 Å². The van der Waals surface area contributed by atoms with E-state index >= 15 is 0 Å². The molecule has 31 heavy (non-hydrogen) atoms. The molecule has 2 aromatic rings. The zero-order valence-electron chi connectivity index (χ0n) is 18.2. The molecule has 2 aromatic carbocycles. The summed E-state index contributed by atoms with van der Waals surface area (Å²) in [5.74, 6) is 1.31. The first-order chi connectivity index (χ1) is 15.1. The Hall–Kier alpha value is -2.22. The average Bonchev–Trinajstić information content (AvgIpc) is 2.79. The highest BCUT2D eigenvalue weighted by Crippen LogP contribution is 2.24. The molecular weight excluding hydrogens is 410 g/mol. The number of phenolic OH excluding ortho intramolecular Hbond substituents is 1. The maximum Gasteiger partial charge on any atom is 0.222 e. The van der Waals surface area contributed by atoms with E-state index in [-0.39, 0.29) is 18.3 Å². The summed E-state index contributed by atoms with van der Waals surface area (Å²) in [5.41, 5.74) is 2.38. The highest BCUT2D eigenvalue weighted by molar-refractivity contribution is 7.99. The lowest BCUT2D eigenvalue weighted by Gasteiger charge is -2.37. The number of amides is 1. The Morgan fingerprint density at radius 2 is 1.77 bits per heavy atom. The lowest BCUT2D eigenvalue weighted by molar-refractivity contribution is -0.130. The maximum atomic E-state index is 12.6. The number of para-hydroxylation sites is 1. The van der Waals surface area contributed by atoms with Crippen LogP contribution in [-0.4, -0.2) is 78.1 Å². The average molecular weight is 444 g/mol. The molecule has 1 fully saturated rings.